The molecule has 0 aliphatic carbocycles. The third-order valence-electron chi connectivity index (χ3n) is 1.64. The molecule has 0 saturated heterocycles. The maximum Gasteiger partial charge on any atom is 0.123 e. The standard InChI is InChI=1S/C10H13FNO/c1-12-6-7-13-8-9-2-4-10(11)5-3-9/h2-5H,6-8H2,1H3/q-1. The molecule has 0 saturated carbocycles. The fourth-order valence-corrected chi connectivity index (χ4v) is 0.926. The van der Waals surface area contributed by atoms with Gasteiger partial charge in [-0.2, -0.15) is 7.05 Å². The minimum atomic E-state index is -0.215. The van der Waals surface area contributed by atoms with Crippen molar-refractivity contribution in [2.24, 2.45) is 0 Å². The summed E-state index contributed by atoms with van der Waals surface area (Å²) in [5.74, 6) is -0.215. The van der Waals surface area contributed by atoms with Gasteiger partial charge in [0.05, 0.1) is 6.61 Å². The SMILES string of the molecule is C[N-]CCOCc1ccc(F)cc1. The van der Waals surface area contributed by atoms with Gasteiger partial charge in [0.15, 0.2) is 0 Å². The van der Waals surface area contributed by atoms with Crippen LogP contribution in [-0.4, -0.2) is 20.2 Å². The highest BCUT2D eigenvalue weighted by atomic mass is 19.1. The molecule has 13 heavy (non-hydrogen) atoms. The Bertz CT molecular complexity index is 235. The summed E-state index contributed by atoms with van der Waals surface area (Å²) in [4.78, 5) is 0. The van der Waals surface area contributed by atoms with Crippen molar-refractivity contribution in [3.8, 4) is 0 Å². The van der Waals surface area contributed by atoms with E-state index in [1.54, 1.807) is 19.2 Å². The molecule has 0 aliphatic heterocycles. The Balaban J connectivity index is 2.25. The Morgan fingerprint density at radius 1 is 1.31 bits per heavy atom. The predicted octanol–water partition coefficient (Wildman–Crippen LogP) is 2.35. The lowest BCUT2D eigenvalue weighted by atomic mass is 10.2. The van der Waals surface area contributed by atoms with Gasteiger partial charge in [-0.25, -0.2) is 4.39 Å². The number of halogens is 1. The Morgan fingerprint density at radius 2 is 2.00 bits per heavy atom. The molecule has 0 radical (unpaired) electrons. The van der Waals surface area contributed by atoms with Gasteiger partial charge in [0, 0.05) is 6.61 Å². The molecule has 1 rings (SSSR count). The molecule has 0 N–H and O–H groups in total. The molecule has 0 aromatic heterocycles. The lowest BCUT2D eigenvalue weighted by molar-refractivity contribution is 0.131. The van der Waals surface area contributed by atoms with Gasteiger partial charge in [-0.15, -0.1) is 6.54 Å². The molecule has 0 fully saturated rings. The molecule has 1 aromatic carbocycles. The first-order valence-corrected chi connectivity index (χ1v) is 4.20. The summed E-state index contributed by atoms with van der Waals surface area (Å²) in [5, 5.41) is 3.90. The summed E-state index contributed by atoms with van der Waals surface area (Å²) in [6.45, 7) is 1.85. The van der Waals surface area contributed by atoms with Crippen LogP contribution in [0.15, 0.2) is 24.3 Å². The van der Waals surface area contributed by atoms with E-state index in [2.05, 4.69) is 5.32 Å². The van der Waals surface area contributed by atoms with Gasteiger partial charge in [0.1, 0.15) is 5.82 Å². The number of hydrogen-bond acceptors (Lipinski definition) is 1. The van der Waals surface area contributed by atoms with Crippen molar-refractivity contribution in [1.82, 2.24) is 0 Å². The highest BCUT2D eigenvalue weighted by Gasteiger charge is 1.92. The summed E-state index contributed by atoms with van der Waals surface area (Å²) >= 11 is 0. The van der Waals surface area contributed by atoms with E-state index < -0.39 is 0 Å². The van der Waals surface area contributed by atoms with Crippen LogP contribution in [0.1, 0.15) is 5.56 Å². The largest absolute Gasteiger partial charge is 0.663 e. The summed E-state index contributed by atoms with van der Waals surface area (Å²) in [6.07, 6.45) is 0. The van der Waals surface area contributed by atoms with Gasteiger partial charge in [-0.05, 0) is 17.7 Å². The zero-order chi connectivity index (χ0) is 9.52. The van der Waals surface area contributed by atoms with Gasteiger partial charge in [0.2, 0.25) is 0 Å². The zero-order valence-electron chi connectivity index (χ0n) is 7.66. The average Bonchev–Trinajstić information content (AvgIpc) is 2.15. The first-order valence-electron chi connectivity index (χ1n) is 4.20. The quantitative estimate of drug-likeness (QED) is 0.641. The van der Waals surface area contributed by atoms with Gasteiger partial charge in [-0.3, -0.25) is 0 Å². The van der Waals surface area contributed by atoms with Crippen LogP contribution in [0.3, 0.4) is 0 Å². The van der Waals surface area contributed by atoms with E-state index >= 15 is 0 Å². The van der Waals surface area contributed by atoms with Crippen LogP contribution in [0.2, 0.25) is 0 Å². The van der Waals surface area contributed by atoms with Crippen LogP contribution < -0.4 is 0 Å². The maximum absolute atomic E-state index is 12.5. The van der Waals surface area contributed by atoms with E-state index in [0.29, 0.717) is 19.8 Å². The predicted molar refractivity (Wildman–Crippen MR) is 50.2 cm³/mol. The van der Waals surface area contributed by atoms with Crippen molar-refractivity contribution in [1.29, 1.82) is 0 Å². The molecule has 0 heterocycles. The minimum absolute atomic E-state index is 0.215. The lowest BCUT2D eigenvalue weighted by Crippen LogP contribution is -1.98. The molecular weight excluding hydrogens is 169 g/mol. The first kappa shape index (κ1) is 10.2. The Hall–Kier alpha value is -0.930. The molecule has 72 valence electrons. The second kappa shape index (κ2) is 5.67. The Labute approximate surface area is 77.7 Å². The highest BCUT2D eigenvalue weighted by molar-refractivity contribution is 5.14. The molecule has 0 aliphatic rings. The van der Waals surface area contributed by atoms with Crippen LogP contribution in [0.5, 0.6) is 0 Å². The number of hydrogen-bond donors (Lipinski definition) is 0. The maximum atomic E-state index is 12.5. The number of benzene rings is 1. The van der Waals surface area contributed by atoms with Gasteiger partial charge >= 0.3 is 0 Å². The summed E-state index contributed by atoms with van der Waals surface area (Å²) in [5.41, 5.74) is 0.984. The second-order valence-corrected chi connectivity index (χ2v) is 2.72. The zero-order valence-corrected chi connectivity index (χ0v) is 7.66. The lowest BCUT2D eigenvalue weighted by Gasteiger charge is -2.10. The fraction of sp³-hybridized carbons (Fsp3) is 0.400. The van der Waals surface area contributed by atoms with Crippen molar-refractivity contribution in [2.75, 3.05) is 20.2 Å². The van der Waals surface area contributed by atoms with E-state index in [1.807, 2.05) is 0 Å². The molecule has 1 aromatic rings. The van der Waals surface area contributed by atoms with Crippen molar-refractivity contribution in [3.05, 3.63) is 41.0 Å². The first-order chi connectivity index (χ1) is 6.33. The van der Waals surface area contributed by atoms with Crippen molar-refractivity contribution in [3.63, 3.8) is 0 Å². The van der Waals surface area contributed by atoms with Crippen LogP contribution in [0.4, 0.5) is 4.39 Å². The minimum Gasteiger partial charge on any atom is -0.663 e. The molecule has 0 bridgehead atoms. The molecule has 0 amide bonds. The summed E-state index contributed by atoms with van der Waals surface area (Å²) in [7, 11) is 1.75. The van der Waals surface area contributed by atoms with E-state index in [9.17, 15) is 4.39 Å². The monoisotopic (exact) mass is 182 g/mol. The van der Waals surface area contributed by atoms with E-state index in [0.717, 1.165) is 5.56 Å². The number of rotatable bonds is 5. The summed E-state index contributed by atoms with van der Waals surface area (Å²) in [6, 6.07) is 6.31. The van der Waals surface area contributed by atoms with E-state index in [-0.39, 0.29) is 5.82 Å². The number of ether oxygens (including phenoxy) is 1. The van der Waals surface area contributed by atoms with E-state index in [1.165, 1.54) is 12.1 Å². The average molecular weight is 182 g/mol. The molecule has 0 unspecified atom stereocenters. The smallest absolute Gasteiger partial charge is 0.123 e. The van der Waals surface area contributed by atoms with Crippen LogP contribution >= 0.6 is 0 Å². The van der Waals surface area contributed by atoms with Gasteiger partial charge < -0.3 is 10.1 Å². The number of nitrogens with zero attached hydrogens (tertiary/aromatic N) is 1. The molecule has 3 heteroatoms. The summed E-state index contributed by atoms with van der Waals surface area (Å²) < 4.78 is 17.8. The molecular formula is C10H13FNO-. The van der Waals surface area contributed by atoms with Crippen LogP contribution in [-0.2, 0) is 11.3 Å². The molecule has 2 nitrogen and oxygen atoms in total. The Kier molecular flexibility index (Phi) is 4.43. The topological polar surface area (TPSA) is 23.3 Å². The van der Waals surface area contributed by atoms with Crippen molar-refractivity contribution in [2.45, 2.75) is 6.61 Å². The highest BCUT2D eigenvalue weighted by Crippen LogP contribution is 2.03. The molecule has 0 spiro atoms. The van der Waals surface area contributed by atoms with Crippen molar-refractivity contribution >= 4 is 0 Å². The van der Waals surface area contributed by atoms with E-state index in [4.69, 9.17) is 4.74 Å². The van der Waals surface area contributed by atoms with Crippen LogP contribution in [0.25, 0.3) is 5.32 Å². The molecule has 0 atom stereocenters. The van der Waals surface area contributed by atoms with Crippen molar-refractivity contribution < 1.29 is 9.13 Å². The normalized spacial score (nSPS) is 10.3. The van der Waals surface area contributed by atoms with Gasteiger partial charge in [0.25, 0.3) is 0 Å². The third-order valence-corrected chi connectivity index (χ3v) is 1.64. The van der Waals surface area contributed by atoms with Gasteiger partial charge in [-0.1, -0.05) is 12.1 Å². The van der Waals surface area contributed by atoms with Crippen LogP contribution in [0, 0.1) is 5.82 Å². The third kappa shape index (κ3) is 4.01. The Morgan fingerprint density at radius 3 is 2.62 bits per heavy atom. The second-order valence-electron chi connectivity index (χ2n) is 2.72. The number of likely N-dealkylation sites (N-methyl/N-ethyl adjacent to an activating group) is 1. The fourth-order valence-electron chi connectivity index (χ4n) is 0.926.